The molecule has 14 heavy (non-hydrogen) atoms. The van der Waals surface area contributed by atoms with Crippen LogP contribution in [0.4, 0.5) is 0 Å². The molecule has 0 aliphatic rings. The lowest BCUT2D eigenvalue weighted by Gasteiger charge is -2.14. The van der Waals surface area contributed by atoms with E-state index in [0.29, 0.717) is 6.54 Å². The van der Waals surface area contributed by atoms with Crippen molar-refractivity contribution in [3.63, 3.8) is 0 Å². The third-order valence-electron chi connectivity index (χ3n) is 1.52. The Kier molecular flexibility index (Phi) is 5.66. The molecule has 0 aromatic heterocycles. The number of hydrogen-bond donors (Lipinski definition) is 2. The first-order chi connectivity index (χ1) is 6.35. The topological polar surface area (TPSA) is 86.7 Å². The molecule has 0 aliphatic carbocycles. The number of hydrogen-bond acceptors (Lipinski definition) is 4. The van der Waals surface area contributed by atoms with Crippen LogP contribution in [0.5, 0.6) is 0 Å². The maximum atomic E-state index is 11.0. The van der Waals surface area contributed by atoms with Crippen LogP contribution in [0.2, 0.25) is 0 Å². The first-order valence-corrected chi connectivity index (χ1v) is 5.86. The zero-order chi connectivity index (χ0) is 11.2. The average molecular weight is 224 g/mol. The van der Waals surface area contributed by atoms with E-state index >= 15 is 0 Å². The summed E-state index contributed by atoms with van der Waals surface area (Å²) in [5, 5.41) is 2.58. The van der Waals surface area contributed by atoms with Crippen molar-refractivity contribution in [2.24, 2.45) is 0 Å². The van der Waals surface area contributed by atoms with E-state index in [0.717, 1.165) is 0 Å². The standard InChI is InChI=1S/C7H16N2O4S/c1-3-8-7(10)6-9(2)4-5-14(11,12)13/h3-6H2,1-2H3,(H,8,10)(H,11,12,13). The number of carbonyl (C=O) groups excluding carboxylic acids is 1. The van der Waals surface area contributed by atoms with E-state index in [9.17, 15) is 13.2 Å². The SMILES string of the molecule is CCNC(=O)CN(C)CCS(=O)(=O)O. The number of rotatable bonds is 6. The third-order valence-corrected chi connectivity index (χ3v) is 2.22. The molecule has 0 aromatic rings. The van der Waals surface area contributed by atoms with Gasteiger partial charge in [0.05, 0.1) is 12.3 Å². The molecule has 0 fully saturated rings. The van der Waals surface area contributed by atoms with Crippen molar-refractivity contribution in [1.29, 1.82) is 0 Å². The maximum absolute atomic E-state index is 11.0. The predicted octanol–water partition coefficient (Wildman–Crippen LogP) is -1.06. The minimum absolute atomic E-state index is 0.128. The van der Waals surface area contributed by atoms with Crippen LogP contribution >= 0.6 is 0 Å². The molecule has 0 aromatic carbocycles. The van der Waals surface area contributed by atoms with Crippen LogP contribution in [0, 0.1) is 0 Å². The highest BCUT2D eigenvalue weighted by molar-refractivity contribution is 7.85. The molecule has 0 atom stereocenters. The van der Waals surface area contributed by atoms with E-state index in [2.05, 4.69) is 5.32 Å². The van der Waals surface area contributed by atoms with Crippen molar-refractivity contribution in [3.8, 4) is 0 Å². The Bertz CT molecular complexity index is 275. The van der Waals surface area contributed by atoms with Gasteiger partial charge in [-0.2, -0.15) is 8.42 Å². The Labute approximate surface area is 84.0 Å². The van der Waals surface area contributed by atoms with Crippen molar-refractivity contribution in [3.05, 3.63) is 0 Å². The molecule has 2 N–H and O–H groups in total. The van der Waals surface area contributed by atoms with Gasteiger partial charge in [0.1, 0.15) is 0 Å². The van der Waals surface area contributed by atoms with Crippen LogP contribution in [-0.2, 0) is 14.9 Å². The Balaban J connectivity index is 3.76. The van der Waals surface area contributed by atoms with E-state index in [1.54, 1.807) is 14.0 Å². The van der Waals surface area contributed by atoms with Crippen LogP contribution in [0.1, 0.15) is 6.92 Å². The molecule has 0 rings (SSSR count). The zero-order valence-electron chi connectivity index (χ0n) is 8.36. The Morgan fingerprint density at radius 2 is 2.07 bits per heavy atom. The van der Waals surface area contributed by atoms with Gasteiger partial charge < -0.3 is 5.32 Å². The smallest absolute Gasteiger partial charge is 0.266 e. The lowest BCUT2D eigenvalue weighted by molar-refractivity contribution is -0.121. The van der Waals surface area contributed by atoms with E-state index in [1.807, 2.05) is 0 Å². The highest BCUT2D eigenvalue weighted by Crippen LogP contribution is 1.87. The van der Waals surface area contributed by atoms with E-state index in [1.165, 1.54) is 4.90 Å². The molecule has 0 saturated heterocycles. The minimum Gasteiger partial charge on any atom is -0.355 e. The normalized spacial score (nSPS) is 11.7. The van der Waals surface area contributed by atoms with Crippen LogP contribution < -0.4 is 5.32 Å². The Morgan fingerprint density at radius 3 is 2.50 bits per heavy atom. The van der Waals surface area contributed by atoms with Gasteiger partial charge >= 0.3 is 0 Å². The first kappa shape index (κ1) is 13.3. The van der Waals surface area contributed by atoms with Gasteiger partial charge in [-0.25, -0.2) is 0 Å². The lowest BCUT2D eigenvalue weighted by Crippen LogP contribution is -2.37. The molecule has 0 radical (unpaired) electrons. The van der Waals surface area contributed by atoms with Gasteiger partial charge in [0.15, 0.2) is 0 Å². The first-order valence-electron chi connectivity index (χ1n) is 4.25. The monoisotopic (exact) mass is 224 g/mol. The molecular formula is C7H16N2O4S. The summed E-state index contributed by atoms with van der Waals surface area (Å²) in [4.78, 5) is 12.5. The molecule has 7 heteroatoms. The molecule has 6 nitrogen and oxygen atoms in total. The largest absolute Gasteiger partial charge is 0.355 e. The van der Waals surface area contributed by atoms with E-state index in [-0.39, 0.29) is 24.7 Å². The van der Waals surface area contributed by atoms with Crippen molar-refractivity contribution in [1.82, 2.24) is 10.2 Å². The fraction of sp³-hybridized carbons (Fsp3) is 0.857. The molecule has 84 valence electrons. The fourth-order valence-electron chi connectivity index (χ4n) is 0.848. The highest BCUT2D eigenvalue weighted by Gasteiger charge is 2.09. The third kappa shape index (κ3) is 7.96. The summed E-state index contributed by atoms with van der Waals surface area (Å²) in [7, 11) is -2.33. The lowest BCUT2D eigenvalue weighted by atomic mass is 10.5. The van der Waals surface area contributed by atoms with E-state index < -0.39 is 10.1 Å². The zero-order valence-corrected chi connectivity index (χ0v) is 9.17. The summed E-state index contributed by atoms with van der Waals surface area (Å²) in [6.45, 7) is 2.61. The predicted molar refractivity (Wildman–Crippen MR) is 52.6 cm³/mol. The van der Waals surface area contributed by atoms with Crippen molar-refractivity contribution in [2.45, 2.75) is 6.92 Å². The summed E-state index contributed by atoms with van der Waals surface area (Å²) in [5.74, 6) is -0.520. The number of amides is 1. The van der Waals surface area contributed by atoms with Crippen molar-refractivity contribution >= 4 is 16.0 Å². The van der Waals surface area contributed by atoms with Gasteiger partial charge in [0.25, 0.3) is 10.1 Å². The Morgan fingerprint density at radius 1 is 1.50 bits per heavy atom. The summed E-state index contributed by atoms with van der Waals surface area (Å²) < 4.78 is 29.2. The second-order valence-electron chi connectivity index (χ2n) is 2.98. The fourth-order valence-corrected chi connectivity index (χ4v) is 1.39. The summed E-state index contributed by atoms with van der Waals surface area (Å²) >= 11 is 0. The van der Waals surface area contributed by atoms with Crippen LogP contribution in [0.25, 0.3) is 0 Å². The number of likely N-dealkylation sites (N-methyl/N-ethyl adjacent to an activating group) is 2. The highest BCUT2D eigenvalue weighted by atomic mass is 32.2. The van der Waals surface area contributed by atoms with Gasteiger partial charge in [0, 0.05) is 13.1 Å². The van der Waals surface area contributed by atoms with Crippen LogP contribution in [0.15, 0.2) is 0 Å². The minimum atomic E-state index is -3.94. The molecule has 0 aliphatic heterocycles. The Hall–Kier alpha value is -0.660. The number of carbonyl (C=O) groups is 1. The second-order valence-corrected chi connectivity index (χ2v) is 4.55. The molecule has 0 saturated carbocycles. The van der Waals surface area contributed by atoms with Gasteiger partial charge in [-0.05, 0) is 14.0 Å². The van der Waals surface area contributed by atoms with Gasteiger partial charge in [-0.15, -0.1) is 0 Å². The molecule has 0 unspecified atom stereocenters. The van der Waals surface area contributed by atoms with Crippen LogP contribution in [-0.4, -0.2) is 56.2 Å². The molecule has 0 spiro atoms. The van der Waals surface area contributed by atoms with Gasteiger partial charge in [0.2, 0.25) is 5.91 Å². The van der Waals surface area contributed by atoms with Crippen molar-refractivity contribution in [2.75, 3.05) is 32.4 Å². The van der Waals surface area contributed by atoms with Gasteiger partial charge in [-0.1, -0.05) is 0 Å². The number of nitrogens with one attached hydrogen (secondary N) is 1. The van der Waals surface area contributed by atoms with E-state index in [4.69, 9.17) is 4.55 Å². The molecule has 0 bridgehead atoms. The summed E-state index contributed by atoms with van der Waals surface area (Å²) in [5.41, 5.74) is 0. The maximum Gasteiger partial charge on any atom is 0.266 e. The summed E-state index contributed by atoms with van der Waals surface area (Å²) in [6, 6.07) is 0. The van der Waals surface area contributed by atoms with Crippen LogP contribution in [0.3, 0.4) is 0 Å². The summed E-state index contributed by atoms with van der Waals surface area (Å²) in [6.07, 6.45) is 0. The average Bonchev–Trinajstić information content (AvgIpc) is 2.00. The van der Waals surface area contributed by atoms with Gasteiger partial charge in [-0.3, -0.25) is 14.2 Å². The second kappa shape index (κ2) is 5.94. The molecular weight excluding hydrogens is 208 g/mol. The molecule has 1 amide bonds. The molecule has 0 heterocycles. The number of nitrogens with zero attached hydrogens (tertiary/aromatic N) is 1. The van der Waals surface area contributed by atoms with Crippen molar-refractivity contribution < 1.29 is 17.8 Å². The quantitative estimate of drug-likeness (QED) is 0.562.